The first-order chi connectivity index (χ1) is 13.0. The molecule has 0 aliphatic carbocycles. The Hall–Kier alpha value is -3.02. The van der Waals surface area contributed by atoms with Crippen LogP contribution in [0, 0.1) is 0 Å². The second kappa shape index (κ2) is 10.2. The van der Waals surface area contributed by atoms with Gasteiger partial charge in [0.1, 0.15) is 11.5 Å². The highest BCUT2D eigenvalue weighted by molar-refractivity contribution is 5.94. The van der Waals surface area contributed by atoms with Crippen LogP contribution in [0.3, 0.4) is 0 Å². The van der Waals surface area contributed by atoms with Crippen molar-refractivity contribution in [1.82, 2.24) is 5.32 Å². The monoisotopic (exact) mass is 371 g/mol. The van der Waals surface area contributed by atoms with Crippen molar-refractivity contribution in [3.05, 3.63) is 59.7 Å². The van der Waals surface area contributed by atoms with Gasteiger partial charge in [-0.05, 0) is 55.3 Å². The smallest absolute Gasteiger partial charge is 0.305 e. The van der Waals surface area contributed by atoms with E-state index in [4.69, 9.17) is 9.47 Å². The van der Waals surface area contributed by atoms with Crippen molar-refractivity contribution in [1.29, 1.82) is 0 Å². The van der Waals surface area contributed by atoms with Crippen molar-refractivity contribution in [2.45, 2.75) is 32.7 Å². The molecule has 0 aliphatic heterocycles. The fraction of sp³-hybridized carbons (Fsp3) is 0.333. The lowest BCUT2D eigenvalue weighted by Crippen LogP contribution is -2.30. The molecule has 6 heteroatoms. The first kappa shape index (κ1) is 20.3. The summed E-state index contributed by atoms with van der Waals surface area (Å²) in [6.45, 7) is 5.07. The summed E-state index contributed by atoms with van der Waals surface area (Å²) in [5, 5.41) is 12.0. The van der Waals surface area contributed by atoms with Crippen LogP contribution in [0.15, 0.2) is 48.5 Å². The van der Waals surface area contributed by atoms with Crippen LogP contribution in [-0.2, 0) is 4.79 Å². The summed E-state index contributed by atoms with van der Waals surface area (Å²) in [5.74, 6) is 0.0697. The highest BCUT2D eigenvalue weighted by Gasteiger charge is 2.19. The number of ether oxygens (including phenoxy) is 2. The fourth-order valence-electron chi connectivity index (χ4n) is 2.55. The van der Waals surface area contributed by atoms with E-state index >= 15 is 0 Å². The van der Waals surface area contributed by atoms with Crippen molar-refractivity contribution >= 4 is 11.9 Å². The van der Waals surface area contributed by atoms with Crippen LogP contribution in [0.5, 0.6) is 11.5 Å². The molecule has 27 heavy (non-hydrogen) atoms. The van der Waals surface area contributed by atoms with E-state index in [1.807, 2.05) is 13.8 Å². The molecule has 0 fully saturated rings. The molecule has 2 N–H and O–H groups in total. The first-order valence-electron chi connectivity index (χ1n) is 9.01. The van der Waals surface area contributed by atoms with Gasteiger partial charge in [0.2, 0.25) is 0 Å². The number of aliphatic carboxylic acids is 1. The Balaban J connectivity index is 2.11. The van der Waals surface area contributed by atoms with E-state index in [9.17, 15) is 14.7 Å². The zero-order valence-electron chi connectivity index (χ0n) is 15.6. The molecule has 0 saturated carbocycles. The van der Waals surface area contributed by atoms with Crippen molar-refractivity contribution in [3.63, 3.8) is 0 Å². The van der Waals surface area contributed by atoms with E-state index in [0.717, 1.165) is 6.42 Å². The number of benzene rings is 2. The zero-order chi connectivity index (χ0) is 19.6. The number of carbonyl (C=O) groups excluding carboxylic acids is 1. The van der Waals surface area contributed by atoms with E-state index < -0.39 is 12.0 Å². The van der Waals surface area contributed by atoms with Crippen molar-refractivity contribution in [2.75, 3.05) is 13.2 Å². The Labute approximate surface area is 159 Å². The van der Waals surface area contributed by atoms with Crippen LogP contribution >= 0.6 is 0 Å². The number of carboxylic acids is 1. The topological polar surface area (TPSA) is 84.9 Å². The SMILES string of the molecule is CCCOc1ccc([C@H](CC(=O)O)NC(=O)c2ccc(OCC)cc2)cc1. The molecule has 0 aromatic heterocycles. The summed E-state index contributed by atoms with van der Waals surface area (Å²) in [7, 11) is 0. The quantitative estimate of drug-likeness (QED) is 0.663. The Morgan fingerprint density at radius 2 is 1.56 bits per heavy atom. The molecular weight excluding hydrogens is 346 g/mol. The van der Waals surface area contributed by atoms with Crippen molar-refractivity contribution in [3.8, 4) is 11.5 Å². The number of carboxylic acid groups (broad SMARTS) is 1. The molecule has 6 nitrogen and oxygen atoms in total. The van der Waals surface area contributed by atoms with E-state index in [2.05, 4.69) is 5.32 Å². The standard InChI is InChI=1S/C21H25NO5/c1-3-13-27-18-9-5-15(6-10-18)19(14-20(23)24)22-21(25)16-7-11-17(12-8-16)26-4-2/h5-12,19H,3-4,13-14H2,1-2H3,(H,22,25)(H,23,24)/t19-/m0/s1. The van der Waals surface area contributed by atoms with Crippen LogP contribution in [0.4, 0.5) is 0 Å². The van der Waals surface area contributed by atoms with E-state index in [1.165, 1.54) is 0 Å². The third-order valence-electron chi connectivity index (χ3n) is 3.87. The third kappa shape index (κ3) is 6.33. The number of hydrogen-bond acceptors (Lipinski definition) is 4. The molecule has 0 unspecified atom stereocenters. The van der Waals surface area contributed by atoms with Crippen LogP contribution in [0.1, 0.15) is 48.7 Å². The van der Waals surface area contributed by atoms with E-state index in [1.54, 1.807) is 48.5 Å². The Morgan fingerprint density at radius 1 is 0.963 bits per heavy atom. The van der Waals surface area contributed by atoms with Crippen LogP contribution in [0.2, 0.25) is 0 Å². The summed E-state index contributed by atoms with van der Waals surface area (Å²) in [6.07, 6.45) is 0.694. The summed E-state index contributed by atoms with van der Waals surface area (Å²) in [4.78, 5) is 23.8. The molecule has 0 radical (unpaired) electrons. The van der Waals surface area contributed by atoms with Gasteiger partial charge in [0.25, 0.3) is 5.91 Å². The van der Waals surface area contributed by atoms with Crippen molar-refractivity contribution in [2.24, 2.45) is 0 Å². The Morgan fingerprint density at radius 3 is 2.11 bits per heavy atom. The van der Waals surface area contributed by atoms with Crippen LogP contribution < -0.4 is 14.8 Å². The molecule has 0 spiro atoms. The van der Waals surface area contributed by atoms with Gasteiger partial charge in [-0.2, -0.15) is 0 Å². The van der Waals surface area contributed by atoms with Crippen molar-refractivity contribution < 1.29 is 24.2 Å². The maximum atomic E-state index is 12.5. The third-order valence-corrected chi connectivity index (χ3v) is 3.87. The number of rotatable bonds is 10. The highest BCUT2D eigenvalue weighted by Crippen LogP contribution is 2.22. The maximum absolute atomic E-state index is 12.5. The molecule has 0 aliphatic rings. The molecule has 144 valence electrons. The lowest BCUT2D eigenvalue weighted by molar-refractivity contribution is -0.137. The van der Waals surface area contributed by atoms with Gasteiger partial charge in [-0.25, -0.2) is 0 Å². The van der Waals surface area contributed by atoms with Gasteiger partial charge in [0, 0.05) is 5.56 Å². The highest BCUT2D eigenvalue weighted by atomic mass is 16.5. The van der Waals surface area contributed by atoms with Gasteiger partial charge in [0.05, 0.1) is 25.7 Å². The lowest BCUT2D eigenvalue weighted by Gasteiger charge is -2.18. The molecule has 1 amide bonds. The normalized spacial score (nSPS) is 11.5. The van der Waals surface area contributed by atoms with Crippen LogP contribution in [-0.4, -0.2) is 30.2 Å². The molecule has 2 aromatic carbocycles. The first-order valence-corrected chi connectivity index (χ1v) is 9.01. The molecule has 2 rings (SSSR count). The minimum atomic E-state index is -0.988. The van der Waals surface area contributed by atoms with Gasteiger partial charge in [0.15, 0.2) is 0 Å². The fourth-order valence-corrected chi connectivity index (χ4v) is 2.55. The van der Waals surface area contributed by atoms with Gasteiger partial charge >= 0.3 is 5.97 Å². The lowest BCUT2D eigenvalue weighted by atomic mass is 10.0. The number of nitrogens with one attached hydrogen (secondary N) is 1. The van der Waals surface area contributed by atoms with E-state index in [0.29, 0.717) is 35.8 Å². The molecule has 0 saturated heterocycles. The summed E-state index contributed by atoms with van der Waals surface area (Å²) in [6, 6.07) is 13.2. The minimum absolute atomic E-state index is 0.210. The molecule has 0 heterocycles. The summed E-state index contributed by atoms with van der Waals surface area (Å²) in [5.41, 5.74) is 1.15. The van der Waals surface area contributed by atoms with Gasteiger partial charge in [-0.15, -0.1) is 0 Å². The molecule has 2 aromatic rings. The second-order valence-electron chi connectivity index (χ2n) is 6.00. The molecular formula is C21H25NO5. The van der Waals surface area contributed by atoms with E-state index in [-0.39, 0.29) is 12.3 Å². The Kier molecular flexibility index (Phi) is 7.67. The molecule has 1 atom stereocenters. The summed E-state index contributed by atoms with van der Waals surface area (Å²) < 4.78 is 10.9. The predicted octanol–water partition coefficient (Wildman–Crippen LogP) is 3.82. The van der Waals surface area contributed by atoms with Gasteiger partial charge < -0.3 is 19.9 Å². The second-order valence-corrected chi connectivity index (χ2v) is 6.00. The average Bonchev–Trinajstić information content (AvgIpc) is 2.66. The zero-order valence-corrected chi connectivity index (χ0v) is 15.6. The largest absolute Gasteiger partial charge is 0.494 e. The number of amides is 1. The van der Waals surface area contributed by atoms with Crippen LogP contribution in [0.25, 0.3) is 0 Å². The van der Waals surface area contributed by atoms with Gasteiger partial charge in [-0.3, -0.25) is 9.59 Å². The minimum Gasteiger partial charge on any atom is -0.494 e. The average molecular weight is 371 g/mol. The molecule has 0 bridgehead atoms. The predicted molar refractivity (Wildman–Crippen MR) is 102 cm³/mol. The number of carbonyl (C=O) groups is 2. The summed E-state index contributed by atoms with van der Waals surface area (Å²) >= 11 is 0. The van der Waals surface area contributed by atoms with Gasteiger partial charge in [-0.1, -0.05) is 19.1 Å². The number of hydrogen-bond donors (Lipinski definition) is 2. The maximum Gasteiger partial charge on any atom is 0.305 e. The Bertz CT molecular complexity index is 740.